The van der Waals surface area contributed by atoms with Crippen molar-refractivity contribution >= 4 is 22.9 Å². The Hall–Kier alpha value is -4.53. The molecule has 3 aromatic heterocycles. The zero-order chi connectivity index (χ0) is 29.5. The molecule has 0 bridgehead atoms. The Bertz CT molecular complexity index is 1850. The summed E-state index contributed by atoms with van der Waals surface area (Å²) in [6, 6.07) is 15.8. The van der Waals surface area contributed by atoms with Crippen LogP contribution in [0.2, 0.25) is 5.02 Å². The Morgan fingerprint density at radius 2 is 1.59 bits per heavy atom. The van der Waals surface area contributed by atoms with Crippen LogP contribution in [0.3, 0.4) is 0 Å². The highest BCUT2D eigenvalue weighted by Gasteiger charge is 2.33. The quantitative estimate of drug-likeness (QED) is 0.223. The maximum Gasteiger partial charge on any atom is 0.433 e. The van der Waals surface area contributed by atoms with Gasteiger partial charge < -0.3 is 4.90 Å². The molecule has 0 N–H and O–H groups in total. The van der Waals surface area contributed by atoms with Gasteiger partial charge in [-0.2, -0.15) is 13.2 Å². The van der Waals surface area contributed by atoms with Crippen molar-refractivity contribution in [1.29, 1.82) is 0 Å². The summed E-state index contributed by atoms with van der Waals surface area (Å²) in [6.45, 7) is 9.03. The summed E-state index contributed by atoms with van der Waals surface area (Å²) in [5.41, 5.74) is 1.97. The molecular weight excluding hydrogens is 555 g/mol. The van der Waals surface area contributed by atoms with Gasteiger partial charge in [-0.25, -0.2) is 19.0 Å². The predicted molar refractivity (Wildman–Crippen MR) is 150 cm³/mol. The van der Waals surface area contributed by atoms with Crippen LogP contribution in [0, 0.1) is 13.5 Å². The number of aromatic nitrogens is 5. The molecule has 5 aromatic rings. The normalized spacial score (nSPS) is 11.8. The minimum Gasteiger partial charge on any atom is -0.302 e. The fraction of sp³-hybridized carbons (Fsp3) is 0.207. The Labute approximate surface area is 238 Å². The molecule has 0 radical (unpaired) electrons. The molecule has 0 atom stereocenters. The highest BCUT2D eigenvalue weighted by Crippen LogP contribution is 2.35. The molecule has 5 rings (SSSR count). The number of nitrogens with zero attached hydrogens (tertiary/aromatic N) is 7. The van der Waals surface area contributed by atoms with Crippen LogP contribution in [0.15, 0.2) is 65.5 Å². The average Bonchev–Trinajstić information content (AvgIpc) is 3.33. The van der Waals surface area contributed by atoms with Crippen LogP contribution in [0.1, 0.15) is 22.8 Å². The van der Waals surface area contributed by atoms with E-state index in [9.17, 15) is 18.0 Å². The van der Waals surface area contributed by atoms with E-state index in [1.54, 1.807) is 53.0 Å². The molecule has 12 heteroatoms. The lowest BCUT2D eigenvalue weighted by molar-refractivity contribution is -0.141. The van der Waals surface area contributed by atoms with Gasteiger partial charge >= 0.3 is 6.18 Å². The lowest BCUT2D eigenvalue weighted by Crippen LogP contribution is -2.31. The molecule has 0 spiro atoms. The van der Waals surface area contributed by atoms with Crippen molar-refractivity contribution < 1.29 is 13.2 Å². The fourth-order valence-corrected chi connectivity index (χ4v) is 4.75. The van der Waals surface area contributed by atoms with E-state index in [0.29, 0.717) is 56.5 Å². The first-order valence-corrected chi connectivity index (χ1v) is 12.8. The number of alkyl halides is 3. The third-order valence-electron chi connectivity index (χ3n) is 6.55. The van der Waals surface area contributed by atoms with Crippen molar-refractivity contribution in [1.82, 2.24) is 29.3 Å². The number of halogens is 4. The number of rotatable bonds is 6. The average molecular weight is 578 g/mol. The smallest absolute Gasteiger partial charge is 0.302 e. The van der Waals surface area contributed by atoms with Crippen LogP contribution >= 0.6 is 11.6 Å². The fourth-order valence-electron chi connectivity index (χ4n) is 4.62. The standard InChI is InChI=1S/C29H23ClF3N7O/c1-17-20(9-14-23(35-17)29(31,32)33)15-39-28(41)26(19-7-12-22(34-2)13-8-19)25(18-5-10-21(30)11-6-18)27-37-36-24(40(27)39)16-38(3)4/h5-14H,15-16H2,1,3-4H3. The largest absolute Gasteiger partial charge is 0.433 e. The van der Waals surface area contributed by atoms with Gasteiger partial charge in [-0.15, -0.1) is 10.2 Å². The van der Waals surface area contributed by atoms with Crippen LogP contribution in [0.25, 0.3) is 32.7 Å². The Morgan fingerprint density at radius 1 is 0.951 bits per heavy atom. The summed E-state index contributed by atoms with van der Waals surface area (Å²) in [5, 5.41) is 9.39. The van der Waals surface area contributed by atoms with Gasteiger partial charge in [0.2, 0.25) is 0 Å². The van der Waals surface area contributed by atoms with Gasteiger partial charge in [-0.05, 0) is 55.9 Å². The van der Waals surface area contributed by atoms with Crippen molar-refractivity contribution in [2.24, 2.45) is 0 Å². The molecule has 0 amide bonds. The molecule has 2 aromatic carbocycles. The van der Waals surface area contributed by atoms with Crippen molar-refractivity contribution in [3.63, 3.8) is 0 Å². The lowest BCUT2D eigenvalue weighted by Gasteiger charge is -2.19. The molecule has 0 unspecified atom stereocenters. The highest BCUT2D eigenvalue weighted by atomic mass is 35.5. The monoisotopic (exact) mass is 577 g/mol. The maximum absolute atomic E-state index is 14.5. The maximum atomic E-state index is 14.5. The first kappa shape index (κ1) is 28.0. The van der Waals surface area contributed by atoms with Crippen molar-refractivity contribution in [2.45, 2.75) is 26.2 Å². The predicted octanol–water partition coefficient (Wildman–Crippen LogP) is 6.26. The zero-order valence-corrected chi connectivity index (χ0v) is 23.0. The van der Waals surface area contributed by atoms with Gasteiger partial charge in [0, 0.05) is 16.3 Å². The van der Waals surface area contributed by atoms with Crippen molar-refractivity contribution in [2.75, 3.05) is 14.1 Å². The SMILES string of the molecule is [C-]#[N+]c1ccc(-c2c(-c3ccc(Cl)cc3)c3nnc(CN(C)C)n3n(Cc3ccc(C(F)(F)F)nc3C)c2=O)cc1. The van der Waals surface area contributed by atoms with Crippen LogP contribution in [0.4, 0.5) is 18.9 Å². The number of hydrogen-bond acceptors (Lipinski definition) is 5. The van der Waals surface area contributed by atoms with Crippen LogP contribution in [-0.2, 0) is 19.3 Å². The molecule has 0 aliphatic heterocycles. The van der Waals surface area contributed by atoms with Gasteiger partial charge in [0.1, 0.15) is 5.69 Å². The molecule has 3 heterocycles. The number of pyridine rings is 1. The highest BCUT2D eigenvalue weighted by molar-refractivity contribution is 6.30. The van der Waals surface area contributed by atoms with Gasteiger partial charge in [0.15, 0.2) is 17.2 Å². The van der Waals surface area contributed by atoms with Crippen LogP contribution in [0.5, 0.6) is 0 Å². The molecule has 0 aliphatic carbocycles. The van der Waals surface area contributed by atoms with E-state index in [2.05, 4.69) is 20.0 Å². The molecule has 8 nitrogen and oxygen atoms in total. The van der Waals surface area contributed by atoms with E-state index in [4.69, 9.17) is 18.2 Å². The van der Waals surface area contributed by atoms with Gasteiger partial charge in [-0.3, -0.25) is 4.79 Å². The Kier molecular flexibility index (Phi) is 7.38. The number of hydrogen-bond donors (Lipinski definition) is 0. The van der Waals surface area contributed by atoms with Crippen LogP contribution in [-0.4, -0.2) is 43.4 Å². The van der Waals surface area contributed by atoms with E-state index in [1.165, 1.54) is 17.7 Å². The number of benzene rings is 2. The second-order valence-corrected chi connectivity index (χ2v) is 10.1. The third kappa shape index (κ3) is 5.44. The Morgan fingerprint density at radius 3 is 2.17 bits per heavy atom. The van der Waals surface area contributed by atoms with Crippen molar-refractivity contribution in [3.05, 3.63) is 110 Å². The minimum absolute atomic E-state index is 0.0845. The van der Waals surface area contributed by atoms with E-state index in [0.717, 1.165) is 6.07 Å². The molecule has 0 saturated heterocycles. The van der Waals surface area contributed by atoms with Gasteiger partial charge in [0.05, 0.1) is 25.2 Å². The molecule has 208 valence electrons. The first-order chi connectivity index (χ1) is 19.5. The summed E-state index contributed by atoms with van der Waals surface area (Å²) in [5.74, 6) is 0.463. The van der Waals surface area contributed by atoms with E-state index in [1.807, 2.05) is 19.0 Å². The molecular formula is C29H23ClF3N7O. The van der Waals surface area contributed by atoms with Gasteiger partial charge in [0.25, 0.3) is 5.56 Å². The number of aryl methyl sites for hydroxylation is 1. The number of fused-ring (bicyclic) bond motifs is 1. The molecule has 0 saturated carbocycles. The zero-order valence-electron chi connectivity index (χ0n) is 22.2. The summed E-state index contributed by atoms with van der Waals surface area (Å²) in [7, 11) is 3.70. The summed E-state index contributed by atoms with van der Waals surface area (Å²) >= 11 is 6.16. The van der Waals surface area contributed by atoms with E-state index in [-0.39, 0.29) is 12.2 Å². The van der Waals surface area contributed by atoms with Crippen molar-refractivity contribution in [3.8, 4) is 22.3 Å². The second-order valence-electron chi connectivity index (χ2n) is 9.71. The third-order valence-corrected chi connectivity index (χ3v) is 6.80. The first-order valence-electron chi connectivity index (χ1n) is 12.4. The lowest BCUT2D eigenvalue weighted by atomic mass is 9.96. The van der Waals surface area contributed by atoms with Crippen LogP contribution < -0.4 is 5.56 Å². The summed E-state index contributed by atoms with van der Waals surface area (Å²) in [6.07, 6.45) is -4.59. The Balaban J connectivity index is 1.84. The topological polar surface area (TPSA) is 72.7 Å². The van der Waals surface area contributed by atoms with Gasteiger partial charge in [-0.1, -0.05) is 54.1 Å². The molecule has 41 heavy (non-hydrogen) atoms. The summed E-state index contributed by atoms with van der Waals surface area (Å²) < 4.78 is 42.9. The van der Waals surface area contributed by atoms with E-state index >= 15 is 0 Å². The molecule has 0 aliphatic rings. The molecule has 0 fully saturated rings. The minimum atomic E-state index is -4.59. The van der Waals surface area contributed by atoms with E-state index < -0.39 is 17.4 Å². The summed E-state index contributed by atoms with van der Waals surface area (Å²) in [4.78, 5) is 23.5. The second kappa shape index (κ2) is 10.8.